The summed E-state index contributed by atoms with van der Waals surface area (Å²) >= 11 is 7.95. The Bertz CT molecular complexity index is 523. The first kappa shape index (κ1) is 20.7. The van der Waals surface area contributed by atoms with Gasteiger partial charge < -0.3 is 16.0 Å². The van der Waals surface area contributed by atoms with E-state index in [2.05, 4.69) is 16.0 Å². The number of nitrogens with one attached hydrogen (secondary N) is 3. The highest BCUT2D eigenvalue weighted by Crippen LogP contribution is 2.31. The van der Waals surface area contributed by atoms with Crippen molar-refractivity contribution in [2.24, 2.45) is 0 Å². The summed E-state index contributed by atoms with van der Waals surface area (Å²) in [5.74, 6) is 2.16. The molecule has 3 N–H and O–H groups in total. The quantitative estimate of drug-likeness (QED) is 0.706. The minimum Gasteiger partial charge on any atom is -0.381 e. The van der Waals surface area contributed by atoms with Crippen LogP contribution in [-0.2, 0) is 4.79 Å². The number of hydrogen-bond acceptors (Lipinski definition) is 4. The van der Waals surface area contributed by atoms with E-state index in [0.717, 1.165) is 29.4 Å². The Morgan fingerprint density at radius 1 is 1.30 bits per heavy atom. The number of hydrogen-bond donors (Lipinski definition) is 3. The van der Waals surface area contributed by atoms with Crippen LogP contribution in [0.5, 0.6) is 0 Å². The zero-order valence-electron chi connectivity index (χ0n) is 12.6. The lowest BCUT2D eigenvalue weighted by Crippen LogP contribution is -2.39. The molecule has 0 radical (unpaired) electrons. The molecule has 1 saturated heterocycles. The normalized spacial score (nSPS) is 20.0. The summed E-state index contributed by atoms with van der Waals surface area (Å²) in [5.41, 5.74) is 1.74. The number of carbonyl (C=O) groups is 1. The summed E-state index contributed by atoms with van der Waals surface area (Å²) in [6.45, 7) is 0.980. The lowest BCUT2D eigenvalue weighted by molar-refractivity contribution is -0.116. The average Bonchev–Trinajstić information content (AvgIpc) is 3.27. The topological polar surface area (TPSA) is 53.2 Å². The van der Waals surface area contributed by atoms with Crippen LogP contribution in [0.4, 0.5) is 11.4 Å². The molecule has 0 bridgehead atoms. The Morgan fingerprint density at radius 3 is 2.74 bits per heavy atom. The lowest BCUT2D eigenvalue weighted by Gasteiger charge is -2.23. The zero-order valence-corrected chi connectivity index (χ0v) is 15.8. The van der Waals surface area contributed by atoms with E-state index in [1.807, 2.05) is 30.0 Å². The highest BCUT2D eigenvalue weighted by molar-refractivity contribution is 7.99. The maximum Gasteiger partial charge on any atom is 0.226 e. The molecule has 23 heavy (non-hydrogen) atoms. The Kier molecular flexibility index (Phi) is 8.86. The van der Waals surface area contributed by atoms with Gasteiger partial charge in [0.25, 0.3) is 0 Å². The molecule has 2 fully saturated rings. The van der Waals surface area contributed by atoms with Crippen molar-refractivity contribution in [3.05, 3.63) is 23.2 Å². The van der Waals surface area contributed by atoms with Crippen LogP contribution in [0.2, 0.25) is 5.02 Å². The minimum absolute atomic E-state index is 0. The molecule has 130 valence electrons. The second-order valence-electron chi connectivity index (χ2n) is 5.59. The Labute approximate surface area is 158 Å². The molecule has 1 heterocycles. The first-order valence-electron chi connectivity index (χ1n) is 7.38. The van der Waals surface area contributed by atoms with Gasteiger partial charge in [-0.3, -0.25) is 4.79 Å². The molecule has 0 spiro atoms. The summed E-state index contributed by atoms with van der Waals surface area (Å²) in [5, 5.41) is 10.4. The van der Waals surface area contributed by atoms with Gasteiger partial charge in [0.2, 0.25) is 5.91 Å². The third-order valence-corrected chi connectivity index (χ3v) is 4.99. The van der Waals surface area contributed by atoms with Gasteiger partial charge >= 0.3 is 0 Å². The molecular formula is C15H22Cl3N3OS. The van der Waals surface area contributed by atoms with Crippen LogP contribution < -0.4 is 16.0 Å². The van der Waals surface area contributed by atoms with Gasteiger partial charge in [-0.2, -0.15) is 11.8 Å². The van der Waals surface area contributed by atoms with Gasteiger partial charge in [-0.1, -0.05) is 11.6 Å². The number of thioether (sulfide) groups is 1. The molecule has 3 rings (SSSR count). The molecule has 1 atom stereocenters. The maximum atomic E-state index is 12.2. The first-order chi connectivity index (χ1) is 10.2. The number of anilines is 2. The smallest absolute Gasteiger partial charge is 0.226 e. The van der Waals surface area contributed by atoms with Crippen molar-refractivity contribution in [1.29, 1.82) is 0 Å². The molecule has 2 aliphatic rings. The van der Waals surface area contributed by atoms with E-state index in [9.17, 15) is 4.79 Å². The first-order valence-corrected chi connectivity index (χ1v) is 8.91. The van der Waals surface area contributed by atoms with Crippen molar-refractivity contribution in [3.63, 3.8) is 0 Å². The fraction of sp³-hybridized carbons (Fsp3) is 0.533. The van der Waals surface area contributed by atoms with Gasteiger partial charge in [0.1, 0.15) is 0 Å². The standard InChI is InChI=1S/C15H20ClN3OS.2ClH/c16-10-1-4-13(18-11-2-3-11)14(7-10)19-15(20)8-12-9-21-6-5-17-12;;/h1,4,7,11-12,17-18H,2-3,5-6,8-9H2,(H,19,20);2*1H. The molecule has 1 amide bonds. The van der Waals surface area contributed by atoms with E-state index >= 15 is 0 Å². The van der Waals surface area contributed by atoms with Gasteiger partial charge in [0, 0.05) is 41.6 Å². The third-order valence-electron chi connectivity index (χ3n) is 3.62. The number of benzene rings is 1. The molecule has 4 nitrogen and oxygen atoms in total. The maximum absolute atomic E-state index is 12.2. The van der Waals surface area contributed by atoms with Crippen molar-refractivity contribution >= 4 is 65.5 Å². The highest BCUT2D eigenvalue weighted by Gasteiger charge is 2.23. The second kappa shape index (κ2) is 9.84. The number of carbonyl (C=O) groups excluding carboxylic acids is 1. The van der Waals surface area contributed by atoms with Crippen molar-refractivity contribution < 1.29 is 4.79 Å². The van der Waals surface area contributed by atoms with Gasteiger partial charge in [-0.05, 0) is 31.0 Å². The van der Waals surface area contributed by atoms with Crippen LogP contribution in [0, 0.1) is 0 Å². The van der Waals surface area contributed by atoms with E-state index in [0.29, 0.717) is 17.5 Å². The van der Waals surface area contributed by atoms with Gasteiger partial charge in [0.05, 0.1) is 11.4 Å². The fourth-order valence-corrected chi connectivity index (χ4v) is 3.49. The van der Waals surface area contributed by atoms with E-state index in [1.54, 1.807) is 0 Å². The molecule has 1 aromatic carbocycles. The Hall–Kier alpha value is -0.330. The van der Waals surface area contributed by atoms with Crippen molar-refractivity contribution in [1.82, 2.24) is 5.32 Å². The van der Waals surface area contributed by atoms with Crippen molar-refractivity contribution in [3.8, 4) is 0 Å². The monoisotopic (exact) mass is 397 g/mol. The predicted molar refractivity (Wildman–Crippen MR) is 105 cm³/mol. The van der Waals surface area contributed by atoms with Crippen LogP contribution in [0.3, 0.4) is 0 Å². The van der Waals surface area contributed by atoms with E-state index < -0.39 is 0 Å². The molecule has 1 saturated carbocycles. The Morgan fingerprint density at radius 2 is 2.09 bits per heavy atom. The highest BCUT2D eigenvalue weighted by atomic mass is 35.5. The lowest BCUT2D eigenvalue weighted by atomic mass is 10.2. The SMILES string of the molecule is Cl.Cl.O=C(CC1CSCCN1)Nc1cc(Cl)ccc1NC1CC1. The fourth-order valence-electron chi connectivity index (χ4n) is 2.37. The van der Waals surface area contributed by atoms with Crippen LogP contribution in [-0.4, -0.2) is 36.0 Å². The molecular weight excluding hydrogens is 377 g/mol. The van der Waals surface area contributed by atoms with E-state index in [1.165, 1.54) is 12.8 Å². The molecule has 8 heteroatoms. The number of halogens is 3. The van der Waals surface area contributed by atoms with Crippen molar-refractivity contribution in [2.75, 3.05) is 28.7 Å². The molecule has 1 unspecified atom stereocenters. The average molecular weight is 399 g/mol. The van der Waals surface area contributed by atoms with Crippen LogP contribution >= 0.6 is 48.2 Å². The molecule has 1 aliphatic heterocycles. The summed E-state index contributed by atoms with van der Waals surface area (Å²) in [7, 11) is 0. The summed E-state index contributed by atoms with van der Waals surface area (Å²) in [4.78, 5) is 12.2. The van der Waals surface area contributed by atoms with Crippen LogP contribution in [0.25, 0.3) is 0 Å². The Balaban J connectivity index is 0.00000132. The van der Waals surface area contributed by atoms with Crippen LogP contribution in [0.1, 0.15) is 19.3 Å². The predicted octanol–water partition coefficient (Wildman–Crippen LogP) is 3.79. The molecule has 1 aliphatic carbocycles. The number of amides is 1. The van der Waals surface area contributed by atoms with Gasteiger partial charge in [-0.15, -0.1) is 24.8 Å². The summed E-state index contributed by atoms with van der Waals surface area (Å²) in [6, 6.07) is 6.40. The molecule has 0 aromatic heterocycles. The third kappa shape index (κ3) is 6.59. The second-order valence-corrected chi connectivity index (χ2v) is 7.17. The minimum atomic E-state index is 0. The largest absolute Gasteiger partial charge is 0.381 e. The summed E-state index contributed by atoms with van der Waals surface area (Å²) in [6.07, 6.45) is 2.89. The zero-order chi connectivity index (χ0) is 14.7. The van der Waals surface area contributed by atoms with Crippen molar-refractivity contribution in [2.45, 2.75) is 31.3 Å². The number of rotatable bonds is 5. The van der Waals surface area contributed by atoms with E-state index in [4.69, 9.17) is 11.6 Å². The molecule has 1 aromatic rings. The van der Waals surface area contributed by atoms with Gasteiger partial charge in [0.15, 0.2) is 0 Å². The van der Waals surface area contributed by atoms with E-state index in [-0.39, 0.29) is 36.8 Å². The van der Waals surface area contributed by atoms with Gasteiger partial charge in [-0.25, -0.2) is 0 Å². The summed E-state index contributed by atoms with van der Waals surface area (Å²) < 4.78 is 0. The van der Waals surface area contributed by atoms with Crippen LogP contribution in [0.15, 0.2) is 18.2 Å².